The Morgan fingerprint density at radius 3 is 2.85 bits per heavy atom. The lowest BCUT2D eigenvalue weighted by Crippen LogP contribution is -2.22. The number of benzene rings is 1. The van der Waals surface area contributed by atoms with E-state index in [-0.39, 0.29) is 5.91 Å². The van der Waals surface area contributed by atoms with Gasteiger partial charge in [0.2, 0.25) is 0 Å². The van der Waals surface area contributed by atoms with Gasteiger partial charge in [-0.1, -0.05) is 18.2 Å². The molecule has 2 aromatic heterocycles. The van der Waals surface area contributed by atoms with Gasteiger partial charge in [-0.3, -0.25) is 4.79 Å². The summed E-state index contributed by atoms with van der Waals surface area (Å²) < 4.78 is 1.17. The van der Waals surface area contributed by atoms with Crippen LogP contribution in [0.25, 0.3) is 10.1 Å². The Bertz CT molecular complexity index is 961. The number of anilines is 1. The van der Waals surface area contributed by atoms with Crippen molar-refractivity contribution in [1.82, 2.24) is 15.3 Å². The second kappa shape index (κ2) is 6.68. The lowest BCUT2D eigenvalue weighted by Gasteiger charge is -2.18. The fourth-order valence-electron chi connectivity index (χ4n) is 3.82. The van der Waals surface area contributed by atoms with E-state index < -0.39 is 0 Å². The Hall–Kier alpha value is -2.47. The molecule has 1 N–H and O–H groups in total. The molecule has 1 atom stereocenters. The van der Waals surface area contributed by atoms with Gasteiger partial charge in [0.15, 0.2) is 0 Å². The summed E-state index contributed by atoms with van der Waals surface area (Å²) in [5.74, 6) is 2.12. The molecule has 4 rings (SSSR count). The molecule has 6 heteroatoms. The maximum absolute atomic E-state index is 12.5. The highest BCUT2D eigenvalue weighted by Gasteiger charge is 2.31. The molecule has 5 nitrogen and oxygen atoms in total. The van der Waals surface area contributed by atoms with Crippen LogP contribution in [0.4, 0.5) is 5.82 Å². The van der Waals surface area contributed by atoms with Gasteiger partial charge in [-0.25, -0.2) is 9.97 Å². The molecule has 1 fully saturated rings. The predicted octanol–water partition coefficient (Wildman–Crippen LogP) is 3.66. The molecule has 1 unspecified atom stereocenters. The second-order valence-electron chi connectivity index (χ2n) is 6.77. The molecule has 0 saturated carbocycles. The lowest BCUT2D eigenvalue weighted by molar-refractivity contribution is 0.0966. The first kappa shape index (κ1) is 17.0. The maximum atomic E-state index is 12.5. The van der Waals surface area contributed by atoms with E-state index in [4.69, 9.17) is 0 Å². The minimum absolute atomic E-state index is 0.00775. The van der Waals surface area contributed by atoms with Crippen LogP contribution in [0.2, 0.25) is 0 Å². The minimum Gasteiger partial charge on any atom is -0.356 e. The zero-order valence-corrected chi connectivity index (χ0v) is 16.1. The quantitative estimate of drug-likeness (QED) is 0.768. The molecule has 1 amide bonds. The van der Waals surface area contributed by atoms with Crippen LogP contribution in [-0.4, -0.2) is 36.0 Å². The van der Waals surface area contributed by atoms with E-state index in [1.54, 1.807) is 18.4 Å². The van der Waals surface area contributed by atoms with Gasteiger partial charge in [-0.2, -0.15) is 0 Å². The van der Waals surface area contributed by atoms with Gasteiger partial charge >= 0.3 is 0 Å². The molecule has 26 heavy (non-hydrogen) atoms. The number of nitrogens with zero attached hydrogens (tertiary/aromatic N) is 3. The number of hydrogen-bond donors (Lipinski definition) is 1. The fraction of sp³-hybridized carbons (Fsp3) is 0.350. The van der Waals surface area contributed by atoms with Crippen molar-refractivity contribution < 1.29 is 4.79 Å². The number of hydrogen-bond acceptors (Lipinski definition) is 5. The summed E-state index contributed by atoms with van der Waals surface area (Å²) in [6.45, 7) is 5.75. The summed E-state index contributed by atoms with van der Waals surface area (Å²) in [7, 11) is 1.70. The number of aryl methyl sites for hydroxylation is 2. The number of carbonyl (C=O) groups is 1. The van der Waals surface area contributed by atoms with E-state index >= 15 is 0 Å². The van der Waals surface area contributed by atoms with E-state index in [1.807, 2.05) is 26.0 Å². The maximum Gasteiger partial charge on any atom is 0.261 e. The van der Waals surface area contributed by atoms with Crippen molar-refractivity contribution in [2.45, 2.75) is 26.2 Å². The largest absolute Gasteiger partial charge is 0.356 e. The smallest absolute Gasteiger partial charge is 0.261 e. The van der Waals surface area contributed by atoms with E-state index in [9.17, 15) is 4.79 Å². The molecule has 0 bridgehead atoms. The summed E-state index contributed by atoms with van der Waals surface area (Å²) >= 11 is 1.59. The number of aromatic nitrogens is 2. The van der Waals surface area contributed by atoms with Crippen LogP contribution >= 0.6 is 11.3 Å². The molecule has 1 saturated heterocycles. The average Bonchev–Trinajstić information content (AvgIpc) is 3.24. The highest BCUT2D eigenvalue weighted by molar-refractivity contribution is 7.21. The molecule has 3 heterocycles. The number of fused-ring (bicyclic) bond motifs is 1. The standard InChI is InChI=1S/C20H22N4OS/c1-12-10-17(23-13(2)22-12)24-9-8-14(11-24)18-15-6-4-5-7-16(15)26-19(18)20(25)21-3/h4-7,10,14H,8-9,11H2,1-3H3,(H,21,25). The first-order chi connectivity index (χ1) is 12.6. The van der Waals surface area contributed by atoms with Gasteiger partial charge in [0.25, 0.3) is 5.91 Å². The molecule has 3 aromatic rings. The highest BCUT2D eigenvalue weighted by Crippen LogP contribution is 2.40. The Labute approximate surface area is 157 Å². The Morgan fingerprint density at radius 2 is 2.08 bits per heavy atom. The van der Waals surface area contributed by atoms with Crippen LogP contribution in [-0.2, 0) is 0 Å². The molecule has 1 aliphatic rings. The van der Waals surface area contributed by atoms with Crippen molar-refractivity contribution in [3.63, 3.8) is 0 Å². The minimum atomic E-state index is 0.00775. The van der Waals surface area contributed by atoms with Crippen LogP contribution in [0.15, 0.2) is 30.3 Å². The third kappa shape index (κ3) is 2.94. The number of amides is 1. The molecule has 0 radical (unpaired) electrons. The van der Waals surface area contributed by atoms with Gasteiger partial charge in [0.1, 0.15) is 11.6 Å². The summed E-state index contributed by atoms with van der Waals surface area (Å²) in [4.78, 5) is 24.6. The number of nitrogens with one attached hydrogen (secondary N) is 1. The van der Waals surface area contributed by atoms with Crippen molar-refractivity contribution in [1.29, 1.82) is 0 Å². The average molecular weight is 366 g/mol. The summed E-state index contributed by atoms with van der Waals surface area (Å²) in [6, 6.07) is 10.4. The van der Waals surface area contributed by atoms with Crippen LogP contribution in [0.1, 0.15) is 39.1 Å². The van der Waals surface area contributed by atoms with Crippen molar-refractivity contribution in [2.75, 3.05) is 25.0 Å². The van der Waals surface area contributed by atoms with Gasteiger partial charge in [-0.15, -0.1) is 11.3 Å². The van der Waals surface area contributed by atoms with Crippen LogP contribution in [0, 0.1) is 13.8 Å². The van der Waals surface area contributed by atoms with Crippen molar-refractivity contribution in [3.8, 4) is 0 Å². The van der Waals surface area contributed by atoms with E-state index in [1.165, 1.54) is 15.6 Å². The van der Waals surface area contributed by atoms with Gasteiger partial charge < -0.3 is 10.2 Å². The van der Waals surface area contributed by atoms with Crippen molar-refractivity contribution in [3.05, 3.63) is 52.3 Å². The fourth-order valence-corrected chi connectivity index (χ4v) is 5.05. The molecule has 0 spiro atoms. The molecule has 134 valence electrons. The van der Waals surface area contributed by atoms with Crippen LogP contribution in [0.3, 0.4) is 0 Å². The molecule has 0 aliphatic carbocycles. The first-order valence-electron chi connectivity index (χ1n) is 8.87. The van der Waals surface area contributed by atoms with Gasteiger partial charge in [0.05, 0.1) is 4.88 Å². The molecule has 1 aromatic carbocycles. The first-order valence-corrected chi connectivity index (χ1v) is 9.69. The number of thiophene rings is 1. The zero-order chi connectivity index (χ0) is 18.3. The Kier molecular flexibility index (Phi) is 4.36. The highest BCUT2D eigenvalue weighted by atomic mass is 32.1. The summed E-state index contributed by atoms with van der Waals surface area (Å²) in [6.07, 6.45) is 1.02. The van der Waals surface area contributed by atoms with E-state index in [0.717, 1.165) is 41.7 Å². The lowest BCUT2D eigenvalue weighted by atomic mass is 9.95. The second-order valence-corrected chi connectivity index (χ2v) is 7.82. The molecular weight excluding hydrogens is 344 g/mol. The third-order valence-electron chi connectivity index (χ3n) is 4.94. The van der Waals surface area contributed by atoms with Crippen LogP contribution in [0.5, 0.6) is 0 Å². The number of carbonyl (C=O) groups excluding carboxylic acids is 1. The molecular formula is C20H22N4OS. The normalized spacial score (nSPS) is 17.0. The summed E-state index contributed by atoms with van der Waals surface area (Å²) in [5, 5.41) is 4.01. The SMILES string of the molecule is CNC(=O)c1sc2ccccc2c1C1CCN(c2cc(C)nc(C)n2)C1. The predicted molar refractivity (Wildman–Crippen MR) is 106 cm³/mol. The summed E-state index contributed by atoms with van der Waals surface area (Å²) in [5.41, 5.74) is 2.18. The topological polar surface area (TPSA) is 58.1 Å². The van der Waals surface area contributed by atoms with Crippen molar-refractivity contribution in [2.24, 2.45) is 0 Å². The van der Waals surface area contributed by atoms with Gasteiger partial charge in [0, 0.05) is 42.5 Å². The monoisotopic (exact) mass is 366 g/mol. The van der Waals surface area contributed by atoms with Crippen LogP contribution < -0.4 is 10.2 Å². The zero-order valence-electron chi connectivity index (χ0n) is 15.2. The number of rotatable bonds is 3. The Morgan fingerprint density at radius 1 is 1.27 bits per heavy atom. The third-order valence-corrected chi connectivity index (χ3v) is 6.13. The van der Waals surface area contributed by atoms with E-state index in [2.05, 4.69) is 38.4 Å². The molecule has 1 aliphatic heterocycles. The Balaban J connectivity index is 1.71. The van der Waals surface area contributed by atoms with Gasteiger partial charge in [-0.05, 0) is 37.3 Å². The van der Waals surface area contributed by atoms with Crippen molar-refractivity contribution >= 4 is 33.1 Å². The van der Waals surface area contributed by atoms with E-state index in [0.29, 0.717) is 5.92 Å².